The van der Waals surface area contributed by atoms with E-state index in [1.54, 1.807) is 48.5 Å². The van der Waals surface area contributed by atoms with Crippen LogP contribution in [0.15, 0.2) is 96.1 Å². The van der Waals surface area contributed by atoms with Crippen molar-refractivity contribution >= 4 is 35.8 Å². The second-order valence-corrected chi connectivity index (χ2v) is 16.6. The Balaban J connectivity index is 1.21. The van der Waals surface area contributed by atoms with E-state index in [9.17, 15) is 28.8 Å². The molecule has 0 spiro atoms. The van der Waals surface area contributed by atoms with Gasteiger partial charge in [-0.1, -0.05) is 56.9 Å². The van der Waals surface area contributed by atoms with Gasteiger partial charge in [-0.3, -0.25) is 0 Å². The first-order valence-electron chi connectivity index (χ1n) is 23.1. The number of carbonyl (C=O) groups is 6. The highest BCUT2D eigenvalue weighted by Crippen LogP contribution is 2.21. The summed E-state index contributed by atoms with van der Waals surface area (Å²) in [6.07, 6.45) is 13.1. The van der Waals surface area contributed by atoms with Gasteiger partial charge in [0.25, 0.3) is 0 Å². The lowest BCUT2D eigenvalue weighted by Crippen LogP contribution is -2.10. The summed E-state index contributed by atoms with van der Waals surface area (Å²) in [4.78, 5) is 73.8. The molecule has 2 unspecified atom stereocenters. The fourth-order valence-electron chi connectivity index (χ4n) is 6.59. The Morgan fingerprint density at radius 2 is 0.682 bits per heavy atom. The van der Waals surface area contributed by atoms with Crippen molar-refractivity contribution in [3.63, 3.8) is 0 Å². The number of aliphatic hydroxyl groups is 1. The number of ether oxygens (including phenoxy) is 6. The Kier molecular flexibility index (Phi) is 25.4. The summed E-state index contributed by atoms with van der Waals surface area (Å²) in [5.41, 5.74) is 4.43. The molecule has 0 heterocycles. The van der Waals surface area contributed by atoms with Crippen molar-refractivity contribution in [3.8, 4) is 0 Å². The lowest BCUT2D eigenvalue weighted by Gasteiger charge is -2.16. The van der Waals surface area contributed by atoms with E-state index in [1.807, 2.05) is 32.9 Å². The number of hydrogen-bond donors (Lipinski definition) is 1. The van der Waals surface area contributed by atoms with Crippen LogP contribution in [0.25, 0.3) is 0 Å². The van der Waals surface area contributed by atoms with Crippen LogP contribution in [0.3, 0.4) is 0 Å². The van der Waals surface area contributed by atoms with Crippen molar-refractivity contribution in [2.75, 3.05) is 46.2 Å². The maximum absolute atomic E-state index is 12.6. The Labute approximate surface area is 389 Å². The van der Waals surface area contributed by atoms with Gasteiger partial charge in [0, 0.05) is 0 Å². The molecule has 0 saturated carbocycles. The minimum absolute atomic E-state index is 0.0857. The largest absolute Gasteiger partial charge is 0.462 e. The van der Waals surface area contributed by atoms with E-state index in [4.69, 9.17) is 33.5 Å². The van der Waals surface area contributed by atoms with Gasteiger partial charge < -0.3 is 33.5 Å². The molecule has 0 aliphatic carbocycles. The molecule has 0 aliphatic rings. The number of hydrogen-bond acceptors (Lipinski definition) is 13. The summed E-state index contributed by atoms with van der Waals surface area (Å²) in [5.74, 6) is -1.83. The van der Waals surface area contributed by atoms with Crippen LogP contribution < -0.4 is 0 Å². The first-order valence-corrected chi connectivity index (χ1v) is 23.1. The zero-order chi connectivity index (χ0) is 48.1. The molecule has 358 valence electrons. The van der Waals surface area contributed by atoms with Crippen LogP contribution in [0.5, 0.6) is 0 Å². The fraction of sp³-hybridized carbons (Fsp3) is 0.472. The van der Waals surface area contributed by atoms with Crippen molar-refractivity contribution in [1.29, 1.82) is 0 Å². The van der Waals surface area contributed by atoms with E-state index in [2.05, 4.69) is 13.8 Å². The summed E-state index contributed by atoms with van der Waals surface area (Å²) in [7, 11) is 0. The molecular formula is C53H68O13. The molecule has 13 heteroatoms. The molecule has 66 heavy (non-hydrogen) atoms. The van der Waals surface area contributed by atoms with Gasteiger partial charge in [0.15, 0.2) is 0 Å². The van der Waals surface area contributed by atoms with Crippen molar-refractivity contribution < 1.29 is 62.3 Å². The first kappa shape index (κ1) is 54.3. The molecule has 0 aromatic heterocycles. The second kappa shape index (κ2) is 30.9. The topological polar surface area (TPSA) is 178 Å². The third-order valence-electron chi connectivity index (χ3n) is 10.7. The molecule has 0 fully saturated rings. The van der Waals surface area contributed by atoms with Gasteiger partial charge in [0.1, 0.15) is 6.61 Å². The molecule has 3 aromatic rings. The zero-order valence-corrected chi connectivity index (χ0v) is 39.3. The third kappa shape index (κ3) is 21.3. The van der Waals surface area contributed by atoms with Crippen molar-refractivity contribution in [3.05, 3.63) is 129 Å². The number of esters is 6. The zero-order valence-electron chi connectivity index (χ0n) is 39.3. The molecular weight excluding hydrogens is 845 g/mol. The minimum Gasteiger partial charge on any atom is -0.462 e. The lowest BCUT2D eigenvalue weighted by molar-refractivity contribution is 0.0429. The van der Waals surface area contributed by atoms with E-state index in [1.165, 1.54) is 24.3 Å². The summed E-state index contributed by atoms with van der Waals surface area (Å²) >= 11 is 0. The Morgan fingerprint density at radius 3 is 0.955 bits per heavy atom. The van der Waals surface area contributed by atoms with Crippen molar-refractivity contribution in [2.24, 2.45) is 11.8 Å². The van der Waals surface area contributed by atoms with Crippen LogP contribution in [-0.2, 0) is 28.4 Å². The van der Waals surface area contributed by atoms with E-state index in [0.717, 1.165) is 68.9 Å². The summed E-state index contributed by atoms with van der Waals surface area (Å²) in [5, 5.41) is 8.78. The van der Waals surface area contributed by atoms with Crippen LogP contribution in [-0.4, -0.2) is 87.2 Å². The predicted molar refractivity (Wildman–Crippen MR) is 250 cm³/mol. The maximum atomic E-state index is 12.6. The smallest absolute Gasteiger partial charge is 0.338 e. The Morgan fingerprint density at radius 1 is 0.424 bits per heavy atom. The molecule has 13 nitrogen and oxygen atoms in total. The van der Waals surface area contributed by atoms with Crippen LogP contribution >= 0.6 is 0 Å². The summed E-state index contributed by atoms with van der Waals surface area (Å²) in [6.45, 7) is 11.5. The van der Waals surface area contributed by atoms with Gasteiger partial charge in [0.05, 0.1) is 73.0 Å². The maximum Gasteiger partial charge on any atom is 0.338 e. The molecule has 0 bridgehead atoms. The molecule has 0 amide bonds. The van der Waals surface area contributed by atoms with Gasteiger partial charge in [-0.25, -0.2) is 28.8 Å². The van der Waals surface area contributed by atoms with Crippen LogP contribution in [0, 0.1) is 11.8 Å². The minimum atomic E-state index is -0.564. The van der Waals surface area contributed by atoms with E-state index in [0.29, 0.717) is 77.9 Å². The van der Waals surface area contributed by atoms with E-state index < -0.39 is 35.8 Å². The van der Waals surface area contributed by atoms with E-state index in [-0.39, 0.29) is 26.4 Å². The Bertz CT molecular complexity index is 2030. The number of allylic oxidation sites excluding steroid dienone is 4. The van der Waals surface area contributed by atoms with Crippen molar-refractivity contribution in [2.45, 2.75) is 105 Å². The standard InChI is InChI=1S/C53H68O13/c1-6-32-61-48(55)42-19-21-43(22-20-42)49(56)62-33-7-11-38(2)15-16-39(3)12-8-34-63-50(57)44-23-25-45(26-24-44)51(58)64-35-9-13-40(4)17-18-41(5)14-10-36-65-52(59)46-27-29-47(30-28-46)53(60)66-37-31-54/h15-16,19-30,40-41,54H,6-14,17-18,31-37H2,1-5H3/b38-15-,39-16-. The molecule has 0 saturated heterocycles. The number of rotatable bonds is 30. The quantitative estimate of drug-likeness (QED) is 0.0289. The third-order valence-corrected chi connectivity index (χ3v) is 10.7. The summed E-state index contributed by atoms with van der Waals surface area (Å²) < 4.78 is 31.7. The lowest BCUT2D eigenvalue weighted by atomic mass is 9.92. The molecule has 2 atom stereocenters. The van der Waals surface area contributed by atoms with Gasteiger partial charge in [-0.15, -0.1) is 0 Å². The summed E-state index contributed by atoms with van der Waals surface area (Å²) in [6, 6.07) is 18.5. The Hall–Kier alpha value is -6.08. The highest BCUT2D eigenvalue weighted by molar-refractivity contribution is 5.95. The SMILES string of the molecule is CCCOC(=O)c1ccc(C(=O)OCCC/C(C)=C\C=C(\C)CCCOC(=O)c2ccc(C(=O)OCCCC(C)CCC(C)CCCOC(=O)c3ccc(C(=O)OCCO)cc3)cc2)cc1. The van der Waals surface area contributed by atoms with Gasteiger partial charge in [-0.05, 0) is 156 Å². The number of benzene rings is 3. The predicted octanol–water partition coefficient (Wildman–Crippen LogP) is 10.5. The highest BCUT2D eigenvalue weighted by atomic mass is 16.6. The normalized spacial score (nSPS) is 12.4. The average molecular weight is 913 g/mol. The van der Waals surface area contributed by atoms with Gasteiger partial charge in [-0.2, -0.15) is 0 Å². The molecule has 0 radical (unpaired) electrons. The van der Waals surface area contributed by atoms with Gasteiger partial charge >= 0.3 is 35.8 Å². The van der Waals surface area contributed by atoms with Crippen molar-refractivity contribution in [1.82, 2.24) is 0 Å². The fourth-order valence-corrected chi connectivity index (χ4v) is 6.59. The van der Waals surface area contributed by atoms with Crippen LogP contribution in [0.2, 0.25) is 0 Å². The molecule has 1 N–H and O–H groups in total. The monoisotopic (exact) mass is 912 g/mol. The van der Waals surface area contributed by atoms with Crippen LogP contribution in [0.1, 0.15) is 167 Å². The number of aliphatic hydroxyl groups excluding tert-OH is 1. The number of carbonyl (C=O) groups excluding carboxylic acids is 6. The molecule has 3 rings (SSSR count). The highest BCUT2D eigenvalue weighted by Gasteiger charge is 2.15. The second-order valence-electron chi connectivity index (χ2n) is 16.6. The van der Waals surface area contributed by atoms with E-state index >= 15 is 0 Å². The molecule has 0 aliphatic heterocycles. The first-order chi connectivity index (χ1) is 31.8. The van der Waals surface area contributed by atoms with Gasteiger partial charge in [0.2, 0.25) is 0 Å². The average Bonchev–Trinajstić information content (AvgIpc) is 3.33. The van der Waals surface area contributed by atoms with Crippen LogP contribution in [0.4, 0.5) is 0 Å². The molecule has 3 aromatic carbocycles.